The highest BCUT2D eigenvalue weighted by molar-refractivity contribution is 7.71. The molecule has 0 atom stereocenters. The lowest BCUT2D eigenvalue weighted by Gasteiger charge is -2.10. The maximum atomic E-state index is 5.51. The van der Waals surface area contributed by atoms with Gasteiger partial charge >= 0.3 is 0 Å². The Hall–Kier alpha value is -0.740. The Balaban J connectivity index is 2.23. The van der Waals surface area contributed by atoms with Crippen LogP contribution in [0.1, 0.15) is 42.5 Å². The van der Waals surface area contributed by atoms with Gasteiger partial charge in [0, 0.05) is 16.7 Å². The molecule has 1 N–H and O–H groups in total. The van der Waals surface area contributed by atoms with E-state index < -0.39 is 0 Å². The van der Waals surface area contributed by atoms with Crippen LogP contribution < -0.4 is 0 Å². The van der Waals surface area contributed by atoms with E-state index in [2.05, 4.69) is 11.9 Å². The molecule has 17 heavy (non-hydrogen) atoms. The molecule has 1 aliphatic carbocycles. The zero-order valence-corrected chi connectivity index (χ0v) is 11.6. The topological polar surface area (TPSA) is 28.7 Å². The molecule has 90 valence electrons. The lowest BCUT2D eigenvalue weighted by atomic mass is 9.97. The number of fused-ring (bicyclic) bond motifs is 3. The summed E-state index contributed by atoms with van der Waals surface area (Å²) in [6.07, 6.45) is 7.11. The van der Waals surface area contributed by atoms with Crippen LogP contribution in [0.3, 0.4) is 0 Å². The van der Waals surface area contributed by atoms with Gasteiger partial charge in [-0.1, -0.05) is 19.1 Å². The number of hydrogen-bond donors (Lipinski definition) is 1. The number of aryl methyl sites for hydroxylation is 3. The highest BCUT2D eigenvalue weighted by atomic mass is 32.1. The number of rotatable bonds is 2. The number of aromatic amines is 1. The zero-order valence-electron chi connectivity index (χ0n) is 10.0. The molecule has 4 heteroatoms. The quantitative estimate of drug-likeness (QED) is 0.824. The van der Waals surface area contributed by atoms with E-state index in [4.69, 9.17) is 17.2 Å². The van der Waals surface area contributed by atoms with Gasteiger partial charge in [-0.15, -0.1) is 11.3 Å². The fourth-order valence-electron chi connectivity index (χ4n) is 2.56. The van der Waals surface area contributed by atoms with E-state index in [1.807, 2.05) is 11.3 Å². The van der Waals surface area contributed by atoms with Crippen LogP contribution in [0.5, 0.6) is 0 Å². The van der Waals surface area contributed by atoms with Gasteiger partial charge in [-0.3, -0.25) is 0 Å². The molecule has 0 saturated heterocycles. The van der Waals surface area contributed by atoms with Crippen LogP contribution in [0, 0.1) is 4.64 Å². The molecular weight excluding hydrogens is 248 g/mol. The van der Waals surface area contributed by atoms with Crippen molar-refractivity contribution in [1.29, 1.82) is 0 Å². The molecule has 3 rings (SSSR count). The van der Waals surface area contributed by atoms with Crippen LogP contribution in [0.15, 0.2) is 0 Å². The fourth-order valence-corrected chi connectivity index (χ4v) is 4.26. The van der Waals surface area contributed by atoms with E-state index >= 15 is 0 Å². The Morgan fingerprint density at radius 2 is 2.18 bits per heavy atom. The first-order chi connectivity index (χ1) is 8.29. The standard InChI is InChI=1S/C13H16N2S2/c1-2-5-10-14-12(16)11-8-6-3-4-7-9(8)17-13(11)15-10/h2-7H2,1H3,(H,14,15,16). The minimum absolute atomic E-state index is 0.901. The van der Waals surface area contributed by atoms with Gasteiger partial charge in [-0.25, -0.2) is 4.98 Å². The Kier molecular flexibility index (Phi) is 3.01. The molecule has 0 bridgehead atoms. The zero-order chi connectivity index (χ0) is 11.8. The second kappa shape index (κ2) is 4.50. The van der Waals surface area contributed by atoms with Crippen LogP contribution in [-0.2, 0) is 19.3 Å². The molecule has 0 radical (unpaired) electrons. The Morgan fingerprint density at radius 3 is 3.00 bits per heavy atom. The Labute approximate surface area is 110 Å². The average molecular weight is 264 g/mol. The normalized spacial score (nSPS) is 15.1. The minimum Gasteiger partial charge on any atom is -0.334 e. The van der Waals surface area contributed by atoms with E-state index in [1.54, 1.807) is 0 Å². The van der Waals surface area contributed by atoms with Gasteiger partial charge in [-0.2, -0.15) is 0 Å². The maximum absolute atomic E-state index is 5.51. The summed E-state index contributed by atoms with van der Waals surface area (Å²) in [4.78, 5) is 10.7. The van der Waals surface area contributed by atoms with Crippen LogP contribution in [-0.4, -0.2) is 9.97 Å². The molecule has 0 unspecified atom stereocenters. The summed E-state index contributed by atoms with van der Waals surface area (Å²) >= 11 is 7.36. The molecule has 1 aliphatic rings. The third kappa shape index (κ3) is 1.93. The lowest BCUT2D eigenvalue weighted by Crippen LogP contribution is -1.99. The van der Waals surface area contributed by atoms with Crippen molar-refractivity contribution in [2.75, 3.05) is 0 Å². The summed E-state index contributed by atoms with van der Waals surface area (Å²) in [5, 5.41) is 1.24. The number of H-pyrrole nitrogens is 1. The third-order valence-electron chi connectivity index (χ3n) is 3.36. The van der Waals surface area contributed by atoms with E-state index in [0.717, 1.165) is 28.1 Å². The first kappa shape index (κ1) is 11.4. The smallest absolute Gasteiger partial charge is 0.128 e. The first-order valence-corrected chi connectivity index (χ1v) is 7.55. The van der Waals surface area contributed by atoms with E-state index in [-0.39, 0.29) is 0 Å². The second-order valence-corrected chi connectivity index (χ2v) is 6.15. The number of nitrogens with zero attached hydrogens (tertiary/aromatic N) is 1. The number of nitrogens with one attached hydrogen (secondary N) is 1. The molecule has 2 aromatic rings. The van der Waals surface area contributed by atoms with Crippen molar-refractivity contribution < 1.29 is 0 Å². The van der Waals surface area contributed by atoms with Crippen LogP contribution in [0.2, 0.25) is 0 Å². The minimum atomic E-state index is 0.901. The van der Waals surface area contributed by atoms with Gasteiger partial charge < -0.3 is 4.98 Å². The van der Waals surface area contributed by atoms with Crippen LogP contribution in [0.25, 0.3) is 10.2 Å². The molecule has 2 nitrogen and oxygen atoms in total. The summed E-state index contributed by atoms with van der Waals surface area (Å²) in [6.45, 7) is 2.17. The highest BCUT2D eigenvalue weighted by Gasteiger charge is 2.18. The van der Waals surface area contributed by atoms with Gasteiger partial charge in [0.2, 0.25) is 0 Å². The fraction of sp³-hybridized carbons (Fsp3) is 0.538. The molecule has 0 amide bonds. The van der Waals surface area contributed by atoms with Crippen molar-refractivity contribution in [2.24, 2.45) is 0 Å². The number of hydrogen-bond acceptors (Lipinski definition) is 3. The second-order valence-electron chi connectivity index (χ2n) is 4.65. The molecule has 2 aromatic heterocycles. The maximum Gasteiger partial charge on any atom is 0.128 e. The van der Waals surface area contributed by atoms with E-state index in [9.17, 15) is 0 Å². The van der Waals surface area contributed by atoms with Crippen molar-refractivity contribution in [3.05, 3.63) is 20.9 Å². The monoisotopic (exact) mass is 264 g/mol. The number of aromatic nitrogens is 2. The molecule has 0 aromatic carbocycles. The Morgan fingerprint density at radius 1 is 1.35 bits per heavy atom. The van der Waals surface area contributed by atoms with Gasteiger partial charge in [0.05, 0.1) is 0 Å². The molecule has 0 saturated carbocycles. The predicted molar refractivity (Wildman–Crippen MR) is 75.4 cm³/mol. The largest absolute Gasteiger partial charge is 0.334 e. The molecular formula is C13H16N2S2. The van der Waals surface area contributed by atoms with Gasteiger partial charge in [0.15, 0.2) is 0 Å². The van der Waals surface area contributed by atoms with Crippen molar-refractivity contribution in [2.45, 2.75) is 45.4 Å². The Bertz CT molecular complexity index is 610. The summed E-state index contributed by atoms with van der Waals surface area (Å²) < 4.78 is 0.901. The molecule has 0 aliphatic heterocycles. The summed E-state index contributed by atoms with van der Waals surface area (Å²) in [5.41, 5.74) is 1.48. The van der Waals surface area contributed by atoms with Gasteiger partial charge in [0.25, 0.3) is 0 Å². The highest BCUT2D eigenvalue weighted by Crippen LogP contribution is 2.35. The molecule has 0 fully saturated rings. The number of thiophene rings is 1. The summed E-state index contributed by atoms with van der Waals surface area (Å²) in [5.74, 6) is 1.04. The molecule has 2 heterocycles. The van der Waals surface area contributed by atoms with Crippen LogP contribution >= 0.6 is 23.6 Å². The van der Waals surface area contributed by atoms with Crippen molar-refractivity contribution in [3.63, 3.8) is 0 Å². The lowest BCUT2D eigenvalue weighted by molar-refractivity contribution is 0.700. The summed E-state index contributed by atoms with van der Waals surface area (Å²) in [7, 11) is 0. The van der Waals surface area contributed by atoms with Crippen molar-refractivity contribution in [1.82, 2.24) is 9.97 Å². The van der Waals surface area contributed by atoms with Crippen molar-refractivity contribution in [3.8, 4) is 0 Å². The SMILES string of the molecule is CCCc1nc2sc3c(c2c(=S)[nH]1)CCCC3. The van der Waals surface area contributed by atoms with E-state index in [0.29, 0.717) is 0 Å². The van der Waals surface area contributed by atoms with Crippen LogP contribution in [0.4, 0.5) is 0 Å². The molecule has 0 spiro atoms. The predicted octanol–water partition coefficient (Wildman–Crippen LogP) is 4.19. The first-order valence-electron chi connectivity index (χ1n) is 6.33. The average Bonchev–Trinajstić information content (AvgIpc) is 2.67. The van der Waals surface area contributed by atoms with Gasteiger partial charge in [0.1, 0.15) is 15.3 Å². The summed E-state index contributed by atoms with van der Waals surface area (Å²) in [6, 6.07) is 0. The van der Waals surface area contributed by atoms with Crippen molar-refractivity contribution >= 4 is 33.8 Å². The van der Waals surface area contributed by atoms with Gasteiger partial charge in [-0.05, 0) is 37.7 Å². The van der Waals surface area contributed by atoms with E-state index in [1.165, 1.54) is 41.5 Å². The third-order valence-corrected chi connectivity index (χ3v) is 4.85.